The van der Waals surface area contributed by atoms with Crippen LogP contribution in [0, 0.1) is 12.7 Å². The molecule has 0 radical (unpaired) electrons. The van der Waals surface area contributed by atoms with Crippen LogP contribution in [0.4, 0.5) is 4.39 Å². The fourth-order valence-electron chi connectivity index (χ4n) is 2.24. The largest absolute Gasteiger partial charge is 0.352 e. The molecule has 1 heterocycles. The SMILES string of the molecule is Cc1c(C(=O)NCC(=O)NC2CC2)cnn1-c1ccc(F)cc1. The zero-order chi connectivity index (χ0) is 16.4. The van der Waals surface area contributed by atoms with Gasteiger partial charge in [-0.2, -0.15) is 5.10 Å². The number of hydrogen-bond acceptors (Lipinski definition) is 3. The maximum absolute atomic E-state index is 13.0. The fraction of sp³-hybridized carbons (Fsp3) is 0.312. The molecule has 0 unspecified atom stereocenters. The van der Waals surface area contributed by atoms with Crippen molar-refractivity contribution in [3.05, 3.63) is 47.5 Å². The van der Waals surface area contributed by atoms with Crippen LogP contribution in [0.2, 0.25) is 0 Å². The van der Waals surface area contributed by atoms with Gasteiger partial charge in [0.2, 0.25) is 5.91 Å². The van der Waals surface area contributed by atoms with Gasteiger partial charge in [-0.25, -0.2) is 9.07 Å². The molecule has 1 aliphatic carbocycles. The number of benzene rings is 1. The zero-order valence-corrected chi connectivity index (χ0v) is 12.7. The Hall–Kier alpha value is -2.70. The summed E-state index contributed by atoms with van der Waals surface area (Å²) in [7, 11) is 0. The Bertz CT molecular complexity index is 735. The van der Waals surface area contributed by atoms with Crippen LogP contribution in [0.1, 0.15) is 28.9 Å². The van der Waals surface area contributed by atoms with Crippen LogP contribution in [0.25, 0.3) is 5.69 Å². The number of halogens is 1. The quantitative estimate of drug-likeness (QED) is 0.874. The number of rotatable bonds is 5. The summed E-state index contributed by atoms with van der Waals surface area (Å²) in [5, 5.41) is 9.54. The molecular weight excluding hydrogens is 299 g/mol. The number of hydrogen-bond donors (Lipinski definition) is 2. The first kappa shape index (κ1) is 15.2. The van der Waals surface area contributed by atoms with Crippen LogP contribution < -0.4 is 10.6 Å². The van der Waals surface area contributed by atoms with E-state index in [-0.39, 0.29) is 30.2 Å². The van der Waals surface area contributed by atoms with Crippen molar-refractivity contribution < 1.29 is 14.0 Å². The summed E-state index contributed by atoms with van der Waals surface area (Å²) in [6.07, 6.45) is 3.44. The molecule has 0 aliphatic heterocycles. The summed E-state index contributed by atoms with van der Waals surface area (Å²) in [6, 6.07) is 6.10. The highest BCUT2D eigenvalue weighted by Crippen LogP contribution is 2.18. The van der Waals surface area contributed by atoms with Gasteiger partial charge in [0.1, 0.15) is 5.82 Å². The molecule has 0 saturated heterocycles. The van der Waals surface area contributed by atoms with Crippen molar-refractivity contribution in [1.82, 2.24) is 20.4 Å². The van der Waals surface area contributed by atoms with Crippen molar-refractivity contribution in [2.75, 3.05) is 6.54 Å². The lowest BCUT2D eigenvalue weighted by Crippen LogP contribution is -2.37. The van der Waals surface area contributed by atoms with Gasteiger partial charge in [0.25, 0.3) is 5.91 Å². The van der Waals surface area contributed by atoms with E-state index < -0.39 is 0 Å². The first-order chi connectivity index (χ1) is 11.0. The van der Waals surface area contributed by atoms with Crippen molar-refractivity contribution in [1.29, 1.82) is 0 Å². The number of nitrogens with zero attached hydrogens (tertiary/aromatic N) is 2. The number of carbonyl (C=O) groups is 2. The summed E-state index contributed by atoms with van der Waals surface area (Å²) in [5.74, 6) is -0.885. The minimum atomic E-state index is -0.359. The lowest BCUT2D eigenvalue weighted by molar-refractivity contribution is -0.120. The van der Waals surface area contributed by atoms with Crippen LogP contribution in [-0.4, -0.2) is 34.2 Å². The van der Waals surface area contributed by atoms with E-state index in [9.17, 15) is 14.0 Å². The molecule has 0 spiro atoms. The van der Waals surface area contributed by atoms with Gasteiger partial charge in [0.05, 0.1) is 29.7 Å². The Balaban J connectivity index is 1.66. The highest BCUT2D eigenvalue weighted by Gasteiger charge is 2.23. The number of amides is 2. The minimum Gasteiger partial charge on any atom is -0.352 e. The third-order valence-electron chi connectivity index (χ3n) is 3.68. The molecule has 2 N–H and O–H groups in total. The van der Waals surface area contributed by atoms with E-state index in [2.05, 4.69) is 15.7 Å². The second kappa shape index (κ2) is 6.20. The van der Waals surface area contributed by atoms with Crippen molar-refractivity contribution in [3.8, 4) is 5.69 Å². The topological polar surface area (TPSA) is 76.0 Å². The molecule has 6 nitrogen and oxygen atoms in total. The van der Waals surface area contributed by atoms with E-state index in [0.29, 0.717) is 16.9 Å². The lowest BCUT2D eigenvalue weighted by Gasteiger charge is -2.07. The third kappa shape index (κ3) is 3.56. The molecule has 1 fully saturated rings. The molecule has 0 atom stereocenters. The summed E-state index contributed by atoms with van der Waals surface area (Å²) >= 11 is 0. The second-order valence-electron chi connectivity index (χ2n) is 5.56. The molecule has 1 saturated carbocycles. The van der Waals surface area contributed by atoms with E-state index in [1.807, 2.05) is 0 Å². The summed E-state index contributed by atoms with van der Waals surface area (Å²) in [6.45, 7) is 1.69. The van der Waals surface area contributed by atoms with Crippen LogP contribution in [-0.2, 0) is 4.79 Å². The standard InChI is InChI=1S/C16H17FN4O2/c1-10-14(16(23)18-9-15(22)20-12-4-5-12)8-19-21(10)13-6-2-11(17)3-7-13/h2-3,6-8,12H,4-5,9H2,1H3,(H,18,23)(H,20,22). The van der Waals surface area contributed by atoms with Gasteiger partial charge in [0.15, 0.2) is 0 Å². The minimum absolute atomic E-state index is 0.0590. The van der Waals surface area contributed by atoms with E-state index in [1.165, 1.54) is 18.3 Å². The van der Waals surface area contributed by atoms with E-state index in [4.69, 9.17) is 0 Å². The molecule has 1 aliphatic rings. The average molecular weight is 316 g/mol. The first-order valence-electron chi connectivity index (χ1n) is 7.42. The van der Waals surface area contributed by atoms with Crippen molar-refractivity contribution in [3.63, 3.8) is 0 Å². The van der Waals surface area contributed by atoms with Gasteiger partial charge in [-0.05, 0) is 44.0 Å². The number of nitrogens with one attached hydrogen (secondary N) is 2. The lowest BCUT2D eigenvalue weighted by atomic mass is 10.2. The van der Waals surface area contributed by atoms with E-state index >= 15 is 0 Å². The highest BCUT2D eigenvalue weighted by atomic mass is 19.1. The molecular formula is C16H17FN4O2. The Labute approximate surface area is 132 Å². The van der Waals surface area contributed by atoms with Crippen LogP contribution in [0.3, 0.4) is 0 Å². The maximum Gasteiger partial charge on any atom is 0.255 e. The van der Waals surface area contributed by atoms with Gasteiger partial charge in [-0.1, -0.05) is 0 Å². The fourth-order valence-corrected chi connectivity index (χ4v) is 2.24. The number of aromatic nitrogens is 2. The summed E-state index contributed by atoms with van der Waals surface area (Å²) in [5.41, 5.74) is 1.67. The smallest absolute Gasteiger partial charge is 0.255 e. The van der Waals surface area contributed by atoms with Crippen molar-refractivity contribution >= 4 is 11.8 Å². The van der Waals surface area contributed by atoms with Crippen LogP contribution in [0.5, 0.6) is 0 Å². The molecule has 3 rings (SSSR count). The second-order valence-corrected chi connectivity index (χ2v) is 5.56. The summed E-state index contributed by atoms with van der Waals surface area (Å²) in [4.78, 5) is 23.8. The Kier molecular flexibility index (Phi) is 4.10. The Morgan fingerprint density at radius 3 is 2.65 bits per heavy atom. The molecule has 0 bridgehead atoms. The van der Waals surface area contributed by atoms with Crippen molar-refractivity contribution in [2.45, 2.75) is 25.8 Å². The van der Waals surface area contributed by atoms with Crippen molar-refractivity contribution in [2.24, 2.45) is 0 Å². The van der Waals surface area contributed by atoms with Gasteiger partial charge in [-0.3, -0.25) is 9.59 Å². The molecule has 1 aromatic carbocycles. The van der Waals surface area contributed by atoms with E-state index in [1.54, 1.807) is 23.7 Å². The molecule has 23 heavy (non-hydrogen) atoms. The van der Waals surface area contributed by atoms with Crippen LogP contribution in [0.15, 0.2) is 30.5 Å². The van der Waals surface area contributed by atoms with Gasteiger partial charge < -0.3 is 10.6 Å². The van der Waals surface area contributed by atoms with Gasteiger partial charge >= 0.3 is 0 Å². The molecule has 120 valence electrons. The molecule has 2 aromatic rings. The summed E-state index contributed by atoms with van der Waals surface area (Å²) < 4.78 is 14.5. The van der Waals surface area contributed by atoms with Crippen LogP contribution >= 0.6 is 0 Å². The average Bonchev–Trinajstić information content (AvgIpc) is 3.26. The highest BCUT2D eigenvalue weighted by molar-refractivity contribution is 5.97. The Morgan fingerprint density at radius 2 is 2.00 bits per heavy atom. The predicted octanol–water partition coefficient (Wildman–Crippen LogP) is 1.33. The third-order valence-corrected chi connectivity index (χ3v) is 3.68. The Morgan fingerprint density at radius 1 is 1.30 bits per heavy atom. The van der Waals surface area contributed by atoms with E-state index in [0.717, 1.165) is 12.8 Å². The maximum atomic E-state index is 13.0. The molecule has 7 heteroatoms. The molecule has 1 aromatic heterocycles. The zero-order valence-electron chi connectivity index (χ0n) is 12.7. The first-order valence-corrected chi connectivity index (χ1v) is 7.42. The number of carbonyl (C=O) groups excluding carboxylic acids is 2. The molecule has 2 amide bonds. The predicted molar refractivity (Wildman–Crippen MR) is 81.8 cm³/mol. The van der Waals surface area contributed by atoms with Gasteiger partial charge in [0, 0.05) is 6.04 Å². The normalized spacial score (nSPS) is 13.7. The monoisotopic (exact) mass is 316 g/mol. The van der Waals surface area contributed by atoms with Gasteiger partial charge in [-0.15, -0.1) is 0 Å².